The maximum atomic E-state index is 13.3. The van der Waals surface area contributed by atoms with E-state index in [9.17, 15) is 9.18 Å². The van der Waals surface area contributed by atoms with Crippen molar-refractivity contribution < 1.29 is 23.4 Å². The van der Waals surface area contributed by atoms with Crippen LogP contribution in [0.5, 0.6) is 0 Å². The van der Waals surface area contributed by atoms with Gasteiger partial charge < -0.3 is 19.1 Å². The Morgan fingerprint density at radius 3 is 2.85 bits per heavy atom. The Balaban J connectivity index is 1.52. The molecule has 5 nitrogen and oxygen atoms in total. The first-order chi connectivity index (χ1) is 13.0. The van der Waals surface area contributed by atoms with Gasteiger partial charge in [-0.25, -0.2) is 4.39 Å². The Bertz CT molecular complexity index is 649. The van der Waals surface area contributed by atoms with Crippen LogP contribution in [0.1, 0.15) is 43.0 Å². The summed E-state index contributed by atoms with van der Waals surface area (Å²) in [6.07, 6.45) is 3.48. The fraction of sp³-hybridized carbons (Fsp3) is 0.650. The average Bonchev–Trinajstić information content (AvgIpc) is 2.68. The molecule has 0 saturated carbocycles. The normalized spacial score (nSPS) is 22.2. The molecule has 3 rings (SSSR count). The SMILES string of the molecule is CCOCCOC1CCOC2(CCN(C(=O)c3ccc(F)c(Cl)c3)CC2)C1. The number of carbonyl (C=O) groups excluding carboxylic acids is 1. The zero-order valence-electron chi connectivity index (χ0n) is 15.7. The molecule has 1 atom stereocenters. The highest BCUT2D eigenvalue weighted by Crippen LogP contribution is 2.36. The summed E-state index contributed by atoms with van der Waals surface area (Å²) < 4.78 is 30.7. The molecule has 27 heavy (non-hydrogen) atoms. The molecular weight excluding hydrogens is 373 g/mol. The molecule has 0 N–H and O–H groups in total. The van der Waals surface area contributed by atoms with Gasteiger partial charge in [-0.2, -0.15) is 0 Å². The van der Waals surface area contributed by atoms with Crippen molar-refractivity contribution in [2.24, 2.45) is 0 Å². The molecule has 1 aromatic rings. The summed E-state index contributed by atoms with van der Waals surface area (Å²) in [4.78, 5) is 14.5. The van der Waals surface area contributed by atoms with E-state index in [2.05, 4.69) is 0 Å². The van der Waals surface area contributed by atoms with Gasteiger partial charge in [-0.05, 0) is 44.4 Å². The quantitative estimate of drug-likeness (QED) is 0.684. The van der Waals surface area contributed by atoms with Crippen LogP contribution in [-0.4, -0.2) is 62.0 Å². The Morgan fingerprint density at radius 2 is 2.15 bits per heavy atom. The van der Waals surface area contributed by atoms with Crippen LogP contribution in [0.15, 0.2) is 18.2 Å². The molecule has 7 heteroatoms. The largest absolute Gasteiger partial charge is 0.379 e. The van der Waals surface area contributed by atoms with E-state index in [1.54, 1.807) is 4.90 Å². The molecule has 0 aliphatic carbocycles. The van der Waals surface area contributed by atoms with Gasteiger partial charge in [0.05, 0.1) is 29.9 Å². The van der Waals surface area contributed by atoms with Crippen molar-refractivity contribution in [2.45, 2.75) is 44.3 Å². The third-order valence-corrected chi connectivity index (χ3v) is 5.65. The van der Waals surface area contributed by atoms with E-state index in [0.717, 1.165) is 25.7 Å². The van der Waals surface area contributed by atoms with Crippen LogP contribution < -0.4 is 0 Å². The lowest BCUT2D eigenvalue weighted by Gasteiger charge is -2.46. The first-order valence-electron chi connectivity index (χ1n) is 9.60. The molecule has 0 bridgehead atoms. The first kappa shape index (κ1) is 20.5. The molecule has 2 heterocycles. The smallest absolute Gasteiger partial charge is 0.253 e. The van der Waals surface area contributed by atoms with Gasteiger partial charge in [0.1, 0.15) is 5.82 Å². The minimum absolute atomic E-state index is 0.0306. The van der Waals surface area contributed by atoms with Crippen molar-refractivity contribution in [1.29, 1.82) is 0 Å². The molecule has 2 fully saturated rings. The first-order valence-corrected chi connectivity index (χ1v) is 9.98. The molecule has 1 spiro atoms. The fourth-order valence-corrected chi connectivity index (χ4v) is 4.00. The van der Waals surface area contributed by atoms with E-state index in [-0.39, 0.29) is 22.6 Å². The van der Waals surface area contributed by atoms with Gasteiger partial charge in [0, 0.05) is 38.3 Å². The van der Waals surface area contributed by atoms with Crippen molar-refractivity contribution in [3.8, 4) is 0 Å². The lowest BCUT2D eigenvalue weighted by Crippen LogP contribution is -2.52. The van der Waals surface area contributed by atoms with E-state index >= 15 is 0 Å². The number of hydrogen-bond acceptors (Lipinski definition) is 4. The summed E-state index contributed by atoms with van der Waals surface area (Å²) in [6.45, 7) is 5.79. The van der Waals surface area contributed by atoms with Gasteiger partial charge in [-0.1, -0.05) is 11.6 Å². The van der Waals surface area contributed by atoms with E-state index < -0.39 is 5.82 Å². The Labute approximate surface area is 164 Å². The van der Waals surface area contributed by atoms with E-state index in [1.807, 2.05) is 6.92 Å². The van der Waals surface area contributed by atoms with Gasteiger partial charge in [0.15, 0.2) is 0 Å². The van der Waals surface area contributed by atoms with Gasteiger partial charge in [0.2, 0.25) is 0 Å². The van der Waals surface area contributed by atoms with Crippen LogP contribution in [-0.2, 0) is 14.2 Å². The number of benzene rings is 1. The standard InChI is InChI=1S/C20H27ClFNO4/c1-2-25-11-12-26-16-5-10-27-20(14-16)6-8-23(9-7-20)19(24)15-3-4-18(22)17(21)13-15/h3-4,13,16H,2,5-12,14H2,1H3. The number of rotatable bonds is 6. The average molecular weight is 400 g/mol. The van der Waals surface area contributed by atoms with Crippen molar-refractivity contribution >= 4 is 17.5 Å². The summed E-state index contributed by atoms with van der Waals surface area (Å²) in [5.74, 6) is -0.635. The Morgan fingerprint density at radius 1 is 1.37 bits per heavy atom. The van der Waals surface area contributed by atoms with Gasteiger partial charge in [0.25, 0.3) is 5.91 Å². The number of carbonyl (C=O) groups is 1. The summed E-state index contributed by atoms with van der Waals surface area (Å²) in [5, 5.41) is -0.0306. The van der Waals surface area contributed by atoms with Crippen LogP contribution >= 0.6 is 11.6 Å². The van der Waals surface area contributed by atoms with Gasteiger partial charge >= 0.3 is 0 Å². The molecule has 1 aromatic carbocycles. The highest BCUT2D eigenvalue weighted by molar-refractivity contribution is 6.31. The van der Waals surface area contributed by atoms with Gasteiger partial charge in [-0.3, -0.25) is 4.79 Å². The summed E-state index contributed by atoms with van der Waals surface area (Å²) >= 11 is 5.80. The second kappa shape index (κ2) is 9.32. The molecule has 1 unspecified atom stereocenters. The lowest BCUT2D eigenvalue weighted by atomic mass is 9.83. The fourth-order valence-electron chi connectivity index (χ4n) is 3.82. The molecule has 150 valence electrons. The number of amides is 1. The zero-order chi connectivity index (χ0) is 19.3. The molecule has 1 amide bonds. The van der Waals surface area contributed by atoms with Crippen molar-refractivity contribution in [1.82, 2.24) is 4.90 Å². The molecule has 2 saturated heterocycles. The number of likely N-dealkylation sites (tertiary alicyclic amines) is 1. The molecule has 2 aliphatic rings. The van der Waals surface area contributed by atoms with E-state index in [0.29, 0.717) is 45.1 Å². The molecular formula is C20H27ClFNO4. The number of ether oxygens (including phenoxy) is 3. The third kappa shape index (κ3) is 5.19. The highest BCUT2D eigenvalue weighted by atomic mass is 35.5. The van der Waals surface area contributed by atoms with Crippen molar-refractivity contribution in [2.75, 3.05) is 39.5 Å². The molecule has 2 aliphatic heterocycles. The Hall–Kier alpha value is -1.21. The predicted octanol–water partition coefficient (Wildman–Crippen LogP) is 3.69. The van der Waals surface area contributed by atoms with Gasteiger partial charge in [-0.15, -0.1) is 0 Å². The van der Waals surface area contributed by atoms with Crippen molar-refractivity contribution in [3.63, 3.8) is 0 Å². The van der Waals surface area contributed by atoms with Crippen LogP contribution in [0.3, 0.4) is 0 Å². The monoisotopic (exact) mass is 399 g/mol. The number of halogens is 2. The van der Waals surface area contributed by atoms with E-state index in [1.165, 1.54) is 18.2 Å². The molecule has 0 aromatic heterocycles. The minimum atomic E-state index is -0.517. The second-order valence-electron chi connectivity index (χ2n) is 7.14. The highest BCUT2D eigenvalue weighted by Gasteiger charge is 2.41. The minimum Gasteiger partial charge on any atom is -0.379 e. The summed E-state index contributed by atoms with van der Waals surface area (Å²) in [5.41, 5.74) is 0.199. The van der Waals surface area contributed by atoms with Crippen LogP contribution in [0, 0.1) is 5.82 Å². The van der Waals surface area contributed by atoms with Crippen LogP contribution in [0.25, 0.3) is 0 Å². The summed E-state index contributed by atoms with van der Waals surface area (Å²) in [7, 11) is 0. The Kier molecular flexibility index (Phi) is 7.09. The lowest BCUT2D eigenvalue weighted by molar-refractivity contribution is -0.155. The number of nitrogens with zero attached hydrogens (tertiary/aromatic N) is 1. The maximum absolute atomic E-state index is 13.3. The predicted molar refractivity (Wildman–Crippen MR) is 101 cm³/mol. The number of piperidine rings is 1. The molecule has 0 radical (unpaired) electrons. The van der Waals surface area contributed by atoms with Crippen molar-refractivity contribution in [3.05, 3.63) is 34.6 Å². The van der Waals surface area contributed by atoms with E-state index in [4.69, 9.17) is 25.8 Å². The third-order valence-electron chi connectivity index (χ3n) is 5.36. The van der Waals surface area contributed by atoms with Crippen LogP contribution in [0.4, 0.5) is 4.39 Å². The topological polar surface area (TPSA) is 48.0 Å². The van der Waals surface area contributed by atoms with Crippen LogP contribution in [0.2, 0.25) is 5.02 Å². The summed E-state index contributed by atoms with van der Waals surface area (Å²) in [6, 6.07) is 4.10. The zero-order valence-corrected chi connectivity index (χ0v) is 16.5. The number of hydrogen-bond donors (Lipinski definition) is 0. The maximum Gasteiger partial charge on any atom is 0.253 e. The second-order valence-corrected chi connectivity index (χ2v) is 7.54.